The first-order valence-electron chi connectivity index (χ1n) is 9.78. The Kier molecular flexibility index (Phi) is 6.71. The molecule has 1 aliphatic rings. The topological polar surface area (TPSA) is 107 Å². The Morgan fingerprint density at radius 1 is 1.17 bits per heavy atom. The van der Waals surface area contributed by atoms with E-state index in [1.165, 1.54) is 18.2 Å². The molecule has 1 fully saturated rings. The van der Waals surface area contributed by atoms with E-state index in [0.29, 0.717) is 25.9 Å². The van der Waals surface area contributed by atoms with Gasteiger partial charge in [-0.2, -0.15) is 0 Å². The number of piperidine rings is 1. The molecule has 8 nitrogen and oxygen atoms in total. The van der Waals surface area contributed by atoms with Gasteiger partial charge < -0.3 is 9.64 Å². The molecule has 0 N–H and O–H groups in total. The second-order valence-corrected chi connectivity index (χ2v) is 9.44. The second kappa shape index (κ2) is 9.25. The van der Waals surface area contributed by atoms with Crippen molar-refractivity contribution in [1.82, 2.24) is 4.90 Å². The number of amides is 1. The molecule has 1 saturated heterocycles. The third-order valence-electron chi connectivity index (χ3n) is 5.15. The van der Waals surface area contributed by atoms with Gasteiger partial charge in [0.2, 0.25) is 0 Å². The maximum Gasteiger partial charge on any atom is 0.311 e. The van der Waals surface area contributed by atoms with Crippen LogP contribution in [0.15, 0.2) is 48.5 Å². The number of rotatable bonds is 7. The monoisotopic (exact) mass is 432 g/mol. The predicted octanol–water partition coefficient (Wildman–Crippen LogP) is 3.21. The number of nitro benzene ring substituents is 1. The zero-order valence-corrected chi connectivity index (χ0v) is 17.5. The van der Waals surface area contributed by atoms with Crippen LogP contribution in [-0.4, -0.2) is 49.1 Å². The van der Waals surface area contributed by atoms with E-state index >= 15 is 0 Å². The molecule has 0 bridgehead atoms. The highest BCUT2D eigenvalue weighted by molar-refractivity contribution is 7.91. The van der Waals surface area contributed by atoms with E-state index < -0.39 is 20.0 Å². The Balaban J connectivity index is 1.67. The van der Waals surface area contributed by atoms with E-state index in [1.54, 1.807) is 24.0 Å². The number of ether oxygens (including phenoxy) is 1. The molecule has 0 aromatic heterocycles. The van der Waals surface area contributed by atoms with Crippen LogP contribution in [0.5, 0.6) is 5.75 Å². The SMILES string of the molecule is CCOc1ccc(C(=O)N2CCC(S(=O)(=O)Cc3ccccc3)CC2)cc1[N+](=O)[O-]. The summed E-state index contributed by atoms with van der Waals surface area (Å²) in [6.45, 7) is 2.58. The van der Waals surface area contributed by atoms with Crippen molar-refractivity contribution in [2.75, 3.05) is 19.7 Å². The molecule has 0 saturated carbocycles. The highest BCUT2D eigenvalue weighted by Crippen LogP contribution is 2.29. The molecule has 160 valence electrons. The molecule has 1 aliphatic heterocycles. The largest absolute Gasteiger partial charge is 0.487 e. The summed E-state index contributed by atoms with van der Waals surface area (Å²) in [4.78, 5) is 25.1. The first-order valence-corrected chi connectivity index (χ1v) is 11.5. The first kappa shape index (κ1) is 21.8. The minimum absolute atomic E-state index is 0.0163. The van der Waals surface area contributed by atoms with Gasteiger partial charge in [0.05, 0.1) is 22.5 Å². The molecule has 3 rings (SSSR count). The molecule has 1 amide bonds. The maximum atomic E-state index is 12.8. The van der Waals surface area contributed by atoms with Gasteiger partial charge in [0.1, 0.15) is 0 Å². The molecule has 9 heteroatoms. The van der Waals surface area contributed by atoms with E-state index in [1.807, 2.05) is 18.2 Å². The van der Waals surface area contributed by atoms with E-state index in [4.69, 9.17) is 4.74 Å². The van der Waals surface area contributed by atoms with E-state index in [9.17, 15) is 23.3 Å². The number of hydrogen-bond donors (Lipinski definition) is 0. The standard InChI is InChI=1S/C21H24N2O6S/c1-2-29-20-9-8-17(14-19(20)23(25)26)21(24)22-12-10-18(11-13-22)30(27,28)15-16-6-4-3-5-7-16/h3-9,14,18H,2,10-13,15H2,1H3. The number of carbonyl (C=O) groups is 1. The highest BCUT2D eigenvalue weighted by atomic mass is 32.2. The lowest BCUT2D eigenvalue weighted by Crippen LogP contribution is -2.42. The molecule has 30 heavy (non-hydrogen) atoms. The second-order valence-electron chi connectivity index (χ2n) is 7.16. The smallest absolute Gasteiger partial charge is 0.311 e. The van der Waals surface area contributed by atoms with Gasteiger partial charge in [-0.15, -0.1) is 0 Å². The average Bonchev–Trinajstić information content (AvgIpc) is 2.74. The quantitative estimate of drug-likeness (QED) is 0.491. The van der Waals surface area contributed by atoms with Crippen molar-refractivity contribution in [3.63, 3.8) is 0 Å². The van der Waals surface area contributed by atoms with E-state index in [0.717, 1.165) is 5.56 Å². The number of hydrogen-bond acceptors (Lipinski definition) is 6. The summed E-state index contributed by atoms with van der Waals surface area (Å²) in [6.07, 6.45) is 0.695. The van der Waals surface area contributed by atoms with Crippen LogP contribution >= 0.6 is 0 Å². The fraction of sp³-hybridized carbons (Fsp3) is 0.381. The van der Waals surface area contributed by atoms with Crippen molar-refractivity contribution in [2.45, 2.75) is 30.8 Å². The Hall–Kier alpha value is -2.94. The van der Waals surface area contributed by atoms with Crippen molar-refractivity contribution in [1.29, 1.82) is 0 Å². The van der Waals surface area contributed by atoms with Crippen molar-refractivity contribution in [3.05, 3.63) is 69.8 Å². The summed E-state index contributed by atoms with van der Waals surface area (Å²) in [5.41, 5.74) is 0.677. The molecule has 0 unspecified atom stereocenters. The van der Waals surface area contributed by atoms with Crippen molar-refractivity contribution >= 4 is 21.4 Å². The first-order chi connectivity index (χ1) is 14.3. The van der Waals surface area contributed by atoms with Crippen LogP contribution in [0.2, 0.25) is 0 Å². The van der Waals surface area contributed by atoms with Crippen molar-refractivity contribution < 1.29 is 22.9 Å². The number of carbonyl (C=O) groups excluding carboxylic acids is 1. The van der Waals surface area contributed by atoms with Gasteiger partial charge >= 0.3 is 5.69 Å². The summed E-state index contributed by atoms with van der Waals surface area (Å²) in [5.74, 6) is -0.248. The molecular weight excluding hydrogens is 408 g/mol. The predicted molar refractivity (Wildman–Crippen MR) is 112 cm³/mol. The zero-order chi connectivity index (χ0) is 21.7. The van der Waals surface area contributed by atoms with Gasteiger partial charge in [-0.3, -0.25) is 14.9 Å². The summed E-state index contributed by atoms with van der Waals surface area (Å²) in [7, 11) is -3.32. The molecule has 1 heterocycles. The van der Waals surface area contributed by atoms with E-state index in [2.05, 4.69) is 0 Å². The third-order valence-corrected chi connectivity index (χ3v) is 7.37. The van der Waals surface area contributed by atoms with Gasteiger partial charge in [0.25, 0.3) is 5.91 Å². The Bertz CT molecular complexity index is 1020. The molecule has 0 radical (unpaired) electrons. The molecule has 0 aliphatic carbocycles. The molecule has 2 aromatic rings. The number of likely N-dealkylation sites (tertiary alicyclic amines) is 1. The fourth-order valence-corrected chi connectivity index (χ4v) is 5.42. The van der Waals surface area contributed by atoms with Gasteiger partial charge in [-0.1, -0.05) is 30.3 Å². The molecule has 2 aromatic carbocycles. The van der Waals surface area contributed by atoms with Crippen LogP contribution in [0, 0.1) is 10.1 Å². The van der Waals surface area contributed by atoms with Gasteiger partial charge in [0, 0.05) is 24.7 Å². The fourth-order valence-electron chi connectivity index (χ4n) is 3.60. The number of nitrogens with zero attached hydrogens (tertiary/aromatic N) is 2. The summed E-state index contributed by atoms with van der Waals surface area (Å²) < 4.78 is 30.7. The van der Waals surface area contributed by atoms with Gasteiger partial charge in [-0.05, 0) is 37.5 Å². The Labute approximate surface area is 175 Å². The van der Waals surface area contributed by atoms with Crippen molar-refractivity contribution in [3.8, 4) is 5.75 Å². The van der Waals surface area contributed by atoms with Crippen LogP contribution in [0.3, 0.4) is 0 Å². The summed E-state index contributed by atoms with van der Waals surface area (Å²) in [5, 5.41) is 10.8. The number of benzene rings is 2. The minimum atomic E-state index is -3.32. The molecular formula is C21H24N2O6S. The Morgan fingerprint density at radius 3 is 2.43 bits per heavy atom. The normalized spacial score (nSPS) is 15.0. The van der Waals surface area contributed by atoms with Crippen LogP contribution in [0.25, 0.3) is 0 Å². The van der Waals surface area contributed by atoms with E-state index in [-0.39, 0.29) is 35.3 Å². The van der Waals surface area contributed by atoms with Crippen molar-refractivity contribution in [2.24, 2.45) is 0 Å². The lowest BCUT2D eigenvalue weighted by atomic mass is 10.1. The van der Waals surface area contributed by atoms with Crippen LogP contribution in [0.1, 0.15) is 35.7 Å². The Morgan fingerprint density at radius 2 is 1.83 bits per heavy atom. The highest BCUT2D eigenvalue weighted by Gasteiger charge is 2.32. The molecule has 0 spiro atoms. The zero-order valence-electron chi connectivity index (χ0n) is 16.7. The minimum Gasteiger partial charge on any atom is -0.487 e. The van der Waals surface area contributed by atoms with Crippen LogP contribution in [0.4, 0.5) is 5.69 Å². The van der Waals surface area contributed by atoms with Crippen LogP contribution in [-0.2, 0) is 15.6 Å². The van der Waals surface area contributed by atoms with Crippen LogP contribution < -0.4 is 4.74 Å². The third kappa shape index (κ3) is 4.96. The maximum absolute atomic E-state index is 12.8. The lowest BCUT2D eigenvalue weighted by molar-refractivity contribution is -0.385. The summed E-state index contributed by atoms with van der Waals surface area (Å²) in [6, 6.07) is 13.2. The lowest BCUT2D eigenvalue weighted by Gasteiger charge is -2.31. The summed E-state index contributed by atoms with van der Waals surface area (Å²) >= 11 is 0. The average molecular weight is 432 g/mol. The number of nitro groups is 1. The van der Waals surface area contributed by atoms with Gasteiger partial charge in [0.15, 0.2) is 15.6 Å². The number of sulfone groups is 1. The van der Waals surface area contributed by atoms with Gasteiger partial charge in [-0.25, -0.2) is 8.42 Å². The molecule has 0 atom stereocenters.